The number of hydrogen-bond donors (Lipinski definition) is 2. The molecule has 1 amide bonds. The average molecular weight is 292 g/mol. The number of thioether (sulfide) groups is 1. The molecular weight excluding hydrogens is 276 g/mol. The molecule has 1 fully saturated rings. The summed E-state index contributed by atoms with van der Waals surface area (Å²) in [7, 11) is 0. The predicted octanol–water partition coefficient (Wildman–Crippen LogP) is 0.932. The van der Waals surface area contributed by atoms with Crippen molar-refractivity contribution in [2.24, 2.45) is 0 Å². The number of amides is 1. The van der Waals surface area contributed by atoms with Crippen LogP contribution in [0.5, 0.6) is 0 Å². The van der Waals surface area contributed by atoms with Crippen molar-refractivity contribution in [1.29, 1.82) is 0 Å². The van der Waals surface area contributed by atoms with Gasteiger partial charge >= 0.3 is 5.97 Å². The Hall–Kier alpha value is -1.53. The molecule has 0 aliphatic carbocycles. The molecule has 6 heteroatoms. The van der Waals surface area contributed by atoms with Gasteiger partial charge in [0.05, 0.1) is 5.88 Å². The number of carboxylic acid groups (broad SMARTS) is 1. The Balaban J connectivity index is 1.85. The van der Waals surface area contributed by atoms with E-state index in [2.05, 4.69) is 5.32 Å². The zero-order valence-corrected chi connectivity index (χ0v) is 11.8. The number of carboxylic acids is 1. The quantitative estimate of drug-likeness (QED) is 0.849. The maximum Gasteiger partial charge on any atom is 0.327 e. The summed E-state index contributed by atoms with van der Waals surface area (Å²) >= 11 is 1.48. The Labute approximate surface area is 121 Å². The zero-order valence-electron chi connectivity index (χ0n) is 11.0. The van der Waals surface area contributed by atoms with Gasteiger partial charge in [0.15, 0.2) is 0 Å². The fourth-order valence-corrected chi connectivity index (χ4v) is 3.77. The van der Waals surface area contributed by atoms with Gasteiger partial charge in [-0.05, 0) is 36.2 Å². The lowest BCUT2D eigenvalue weighted by Gasteiger charge is -2.22. The minimum Gasteiger partial charge on any atom is -0.480 e. The summed E-state index contributed by atoms with van der Waals surface area (Å²) in [4.78, 5) is 25.1. The van der Waals surface area contributed by atoms with E-state index in [9.17, 15) is 9.59 Å². The first-order chi connectivity index (χ1) is 9.66. The van der Waals surface area contributed by atoms with Crippen LogP contribution >= 0.6 is 11.8 Å². The molecule has 0 aromatic heterocycles. The summed E-state index contributed by atoms with van der Waals surface area (Å²) in [5.74, 6) is -0.197. The van der Waals surface area contributed by atoms with Gasteiger partial charge in [0.25, 0.3) is 5.91 Å². The lowest BCUT2D eigenvalue weighted by Crippen LogP contribution is -2.41. The largest absolute Gasteiger partial charge is 0.480 e. The van der Waals surface area contributed by atoms with Crippen molar-refractivity contribution < 1.29 is 14.7 Å². The van der Waals surface area contributed by atoms with E-state index >= 15 is 0 Å². The first-order valence-corrected chi connectivity index (χ1v) is 7.76. The maximum absolute atomic E-state index is 12.5. The van der Waals surface area contributed by atoms with Gasteiger partial charge in [-0.1, -0.05) is 6.07 Å². The minimum atomic E-state index is -0.928. The highest BCUT2D eigenvalue weighted by molar-refractivity contribution is 7.99. The average Bonchev–Trinajstić information content (AvgIpc) is 2.95. The number of nitrogens with zero attached hydrogens (tertiary/aromatic N) is 1. The van der Waals surface area contributed by atoms with Crippen LogP contribution in [0, 0.1) is 0 Å². The topological polar surface area (TPSA) is 69.6 Å². The highest BCUT2D eigenvalue weighted by atomic mass is 32.2. The Morgan fingerprint density at radius 1 is 1.35 bits per heavy atom. The lowest BCUT2D eigenvalue weighted by atomic mass is 9.98. The molecule has 1 atom stereocenters. The summed E-state index contributed by atoms with van der Waals surface area (Å²) in [5.41, 5.74) is 2.99. The van der Waals surface area contributed by atoms with Gasteiger partial charge in [-0.25, -0.2) is 4.79 Å². The monoisotopic (exact) mass is 292 g/mol. The van der Waals surface area contributed by atoms with Gasteiger partial charge in [-0.2, -0.15) is 0 Å². The van der Waals surface area contributed by atoms with E-state index in [1.165, 1.54) is 22.2 Å². The number of nitrogens with one attached hydrogen (secondary N) is 1. The zero-order chi connectivity index (χ0) is 14.1. The second-order valence-electron chi connectivity index (χ2n) is 5.04. The standard InChI is InChI=1S/C14H16N2O3S/c17-13(16-8-20-7-12(16)14(18)19)10-2-1-9-3-4-15-6-11(9)5-10/h1-2,5,12,15H,3-4,6-8H2,(H,18,19)/t12-/m0/s1. The van der Waals surface area contributed by atoms with Crippen LogP contribution < -0.4 is 5.32 Å². The second-order valence-corrected chi connectivity index (χ2v) is 6.04. The molecule has 2 heterocycles. The third-order valence-electron chi connectivity index (χ3n) is 3.77. The Bertz CT molecular complexity index is 561. The number of carbonyl (C=O) groups is 2. The second kappa shape index (κ2) is 5.46. The van der Waals surface area contributed by atoms with Crippen molar-refractivity contribution in [1.82, 2.24) is 10.2 Å². The number of rotatable bonds is 2. The Morgan fingerprint density at radius 2 is 2.20 bits per heavy atom. The van der Waals surface area contributed by atoms with Crippen LogP contribution in [0.25, 0.3) is 0 Å². The van der Waals surface area contributed by atoms with Crippen molar-refractivity contribution in [2.45, 2.75) is 19.0 Å². The molecule has 1 aromatic carbocycles. The SMILES string of the molecule is O=C(O)[C@@H]1CSCN1C(=O)c1ccc2c(c1)CNCC2. The molecule has 1 saturated heterocycles. The summed E-state index contributed by atoms with van der Waals surface area (Å²) in [6, 6.07) is 4.99. The number of aliphatic carboxylic acids is 1. The predicted molar refractivity (Wildman–Crippen MR) is 76.8 cm³/mol. The first kappa shape index (κ1) is 13.5. The molecule has 20 heavy (non-hydrogen) atoms. The Kier molecular flexibility index (Phi) is 3.67. The highest BCUT2D eigenvalue weighted by Crippen LogP contribution is 2.24. The molecular formula is C14H16N2O3S. The molecule has 1 aromatic rings. The third-order valence-corrected chi connectivity index (χ3v) is 4.78. The van der Waals surface area contributed by atoms with Crippen LogP contribution in [0.3, 0.4) is 0 Å². The molecule has 0 unspecified atom stereocenters. The van der Waals surface area contributed by atoms with Gasteiger partial charge < -0.3 is 15.3 Å². The van der Waals surface area contributed by atoms with Crippen LogP contribution in [-0.2, 0) is 17.8 Å². The van der Waals surface area contributed by atoms with Crippen molar-refractivity contribution in [3.63, 3.8) is 0 Å². The number of hydrogen-bond acceptors (Lipinski definition) is 4. The highest BCUT2D eigenvalue weighted by Gasteiger charge is 2.35. The fraction of sp³-hybridized carbons (Fsp3) is 0.429. The summed E-state index contributed by atoms with van der Waals surface area (Å²) in [5, 5.41) is 12.4. The van der Waals surface area contributed by atoms with E-state index in [1.54, 1.807) is 0 Å². The van der Waals surface area contributed by atoms with Crippen molar-refractivity contribution >= 4 is 23.6 Å². The first-order valence-electron chi connectivity index (χ1n) is 6.61. The molecule has 0 spiro atoms. The number of fused-ring (bicyclic) bond motifs is 1. The summed E-state index contributed by atoms with van der Waals surface area (Å²) in [6.45, 7) is 1.73. The van der Waals surface area contributed by atoms with Crippen LogP contribution in [0.15, 0.2) is 18.2 Å². The lowest BCUT2D eigenvalue weighted by molar-refractivity contribution is -0.140. The smallest absolute Gasteiger partial charge is 0.327 e. The minimum absolute atomic E-state index is 0.184. The number of carbonyl (C=O) groups excluding carboxylic acids is 1. The van der Waals surface area contributed by atoms with Gasteiger partial charge in [-0.3, -0.25) is 4.79 Å². The van der Waals surface area contributed by atoms with Gasteiger partial charge in [-0.15, -0.1) is 11.8 Å². The molecule has 5 nitrogen and oxygen atoms in total. The summed E-state index contributed by atoms with van der Waals surface area (Å²) in [6.07, 6.45) is 0.973. The molecule has 106 valence electrons. The fourth-order valence-electron chi connectivity index (χ4n) is 2.63. The van der Waals surface area contributed by atoms with Crippen molar-refractivity contribution in [2.75, 3.05) is 18.2 Å². The molecule has 3 rings (SSSR count). The van der Waals surface area contributed by atoms with Crippen molar-refractivity contribution in [3.05, 3.63) is 34.9 Å². The van der Waals surface area contributed by atoms with E-state index in [0.29, 0.717) is 17.2 Å². The Morgan fingerprint density at radius 3 is 3.00 bits per heavy atom. The molecule has 2 N–H and O–H groups in total. The number of benzene rings is 1. The molecule has 0 saturated carbocycles. The molecule has 0 radical (unpaired) electrons. The molecule has 2 aliphatic heterocycles. The van der Waals surface area contributed by atoms with Crippen LogP contribution in [-0.4, -0.2) is 46.1 Å². The van der Waals surface area contributed by atoms with Crippen LogP contribution in [0.4, 0.5) is 0 Å². The van der Waals surface area contributed by atoms with Gasteiger partial charge in [0, 0.05) is 17.9 Å². The third kappa shape index (κ3) is 2.41. The van der Waals surface area contributed by atoms with E-state index in [4.69, 9.17) is 5.11 Å². The normalized spacial score (nSPS) is 21.6. The van der Waals surface area contributed by atoms with E-state index in [1.807, 2.05) is 18.2 Å². The summed E-state index contributed by atoms with van der Waals surface area (Å²) < 4.78 is 0. The van der Waals surface area contributed by atoms with E-state index in [-0.39, 0.29) is 5.91 Å². The van der Waals surface area contributed by atoms with Crippen LogP contribution in [0.1, 0.15) is 21.5 Å². The van der Waals surface area contributed by atoms with Gasteiger partial charge in [0.1, 0.15) is 6.04 Å². The maximum atomic E-state index is 12.5. The van der Waals surface area contributed by atoms with Crippen molar-refractivity contribution in [3.8, 4) is 0 Å². The molecule has 2 aliphatic rings. The molecule has 0 bridgehead atoms. The van der Waals surface area contributed by atoms with Crippen LogP contribution in [0.2, 0.25) is 0 Å². The van der Waals surface area contributed by atoms with E-state index in [0.717, 1.165) is 25.1 Å². The van der Waals surface area contributed by atoms with E-state index < -0.39 is 12.0 Å². The van der Waals surface area contributed by atoms with Gasteiger partial charge in [0.2, 0.25) is 0 Å².